The molecule has 0 radical (unpaired) electrons. The minimum Gasteiger partial charge on any atom is -0.462 e. The SMILES string of the molecule is CCOC(=O)c1cnn(C)c1CSc1ccc(C)cc1. The molecule has 2 aromatic rings. The van der Waals surface area contributed by atoms with Gasteiger partial charge in [-0.05, 0) is 26.0 Å². The Morgan fingerprint density at radius 2 is 2.05 bits per heavy atom. The second-order valence-electron chi connectivity index (χ2n) is 4.45. The number of thioether (sulfide) groups is 1. The summed E-state index contributed by atoms with van der Waals surface area (Å²) in [6, 6.07) is 8.33. The van der Waals surface area contributed by atoms with Crippen LogP contribution in [0.5, 0.6) is 0 Å². The van der Waals surface area contributed by atoms with Gasteiger partial charge < -0.3 is 4.74 Å². The van der Waals surface area contributed by atoms with Crippen LogP contribution in [0.25, 0.3) is 0 Å². The van der Waals surface area contributed by atoms with E-state index in [-0.39, 0.29) is 5.97 Å². The number of aromatic nitrogens is 2. The number of esters is 1. The maximum absolute atomic E-state index is 11.9. The molecule has 20 heavy (non-hydrogen) atoms. The Morgan fingerprint density at radius 1 is 1.35 bits per heavy atom. The molecule has 2 rings (SSSR count). The highest BCUT2D eigenvalue weighted by atomic mass is 32.2. The number of carbonyl (C=O) groups excluding carboxylic acids is 1. The maximum atomic E-state index is 11.9. The molecule has 0 aliphatic rings. The first-order chi connectivity index (χ1) is 9.61. The van der Waals surface area contributed by atoms with Crippen LogP contribution in [-0.2, 0) is 17.5 Å². The van der Waals surface area contributed by atoms with Crippen molar-refractivity contribution < 1.29 is 9.53 Å². The summed E-state index contributed by atoms with van der Waals surface area (Å²) in [7, 11) is 1.84. The Balaban J connectivity index is 2.11. The molecule has 0 fully saturated rings. The van der Waals surface area contributed by atoms with Gasteiger partial charge >= 0.3 is 5.97 Å². The number of carbonyl (C=O) groups is 1. The predicted octanol–water partition coefficient (Wildman–Crippen LogP) is 3.20. The average Bonchev–Trinajstić information content (AvgIpc) is 2.80. The van der Waals surface area contributed by atoms with Gasteiger partial charge in [0.15, 0.2) is 0 Å². The lowest BCUT2D eigenvalue weighted by Crippen LogP contribution is -2.08. The number of hydrogen-bond donors (Lipinski definition) is 0. The zero-order valence-electron chi connectivity index (χ0n) is 11.9. The first-order valence-corrected chi connectivity index (χ1v) is 7.48. The molecule has 4 nitrogen and oxygen atoms in total. The Morgan fingerprint density at radius 3 is 2.70 bits per heavy atom. The zero-order chi connectivity index (χ0) is 14.5. The number of rotatable bonds is 5. The maximum Gasteiger partial charge on any atom is 0.341 e. The lowest BCUT2D eigenvalue weighted by molar-refractivity contribution is 0.0525. The highest BCUT2D eigenvalue weighted by molar-refractivity contribution is 7.98. The van der Waals surface area contributed by atoms with Crippen molar-refractivity contribution in [3.05, 3.63) is 47.3 Å². The summed E-state index contributed by atoms with van der Waals surface area (Å²) >= 11 is 1.68. The lowest BCUT2D eigenvalue weighted by atomic mass is 10.2. The first-order valence-electron chi connectivity index (χ1n) is 6.49. The molecule has 0 N–H and O–H groups in total. The minimum absolute atomic E-state index is 0.305. The Kier molecular flexibility index (Phi) is 4.84. The number of ether oxygens (including phenoxy) is 1. The van der Waals surface area contributed by atoms with Crippen molar-refractivity contribution in [2.24, 2.45) is 7.05 Å². The molecule has 0 bridgehead atoms. The fourth-order valence-corrected chi connectivity index (χ4v) is 2.77. The minimum atomic E-state index is -0.305. The quantitative estimate of drug-likeness (QED) is 0.626. The third-order valence-electron chi connectivity index (χ3n) is 2.95. The van der Waals surface area contributed by atoms with E-state index in [1.807, 2.05) is 7.05 Å². The van der Waals surface area contributed by atoms with E-state index in [1.54, 1.807) is 29.6 Å². The average molecular weight is 290 g/mol. The van der Waals surface area contributed by atoms with Crippen molar-refractivity contribution in [2.75, 3.05) is 6.61 Å². The standard InChI is InChI=1S/C15H18N2O2S/c1-4-19-15(18)13-9-16-17(3)14(13)10-20-12-7-5-11(2)6-8-12/h5-9H,4,10H2,1-3H3. The molecular weight excluding hydrogens is 272 g/mol. The van der Waals surface area contributed by atoms with Gasteiger partial charge in [0, 0.05) is 17.7 Å². The van der Waals surface area contributed by atoms with Gasteiger partial charge in [-0.2, -0.15) is 5.10 Å². The summed E-state index contributed by atoms with van der Waals surface area (Å²) in [5, 5.41) is 4.15. The third-order valence-corrected chi connectivity index (χ3v) is 3.98. The van der Waals surface area contributed by atoms with Crippen LogP contribution in [0.15, 0.2) is 35.4 Å². The van der Waals surface area contributed by atoms with Gasteiger partial charge in [-0.15, -0.1) is 11.8 Å². The normalized spacial score (nSPS) is 10.6. The molecule has 0 spiro atoms. The largest absolute Gasteiger partial charge is 0.462 e. The van der Waals surface area contributed by atoms with E-state index < -0.39 is 0 Å². The highest BCUT2D eigenvalue weighted by Gasteiger charge is 2.17. The zero-order valence-corrected chi connectivity index (χ0v) is 12.7. The van der Waals surface area contributed by atoms with Gasteiger partial charge in [-0.3, -0.25) is 4.68 Å². The van der Waals surface area contributed by atoms with Crippen LogP contribution in [0.3, 0.4) is 0 Å². The fraction of sp³-hybridized carbons (Fsp3) is 0.333. The monoisotopic (exact) mass is 290 g/mol. The molecule has 1 heterocycles. The summed E-state index contributed by atoms with van der Waals surface area (Å²) in [6.45, 7) is 4.24. The van der Waals surface area contributed by atoms with Gasteiger partial charge in [0.25, 0.3) is 0 Å². The Bertz CT molecular complexity index is 590. The highest BCUT2D eigenvalue weighted by Crippen LogP contribution is 2.24. The Labute approximate surface area is 123 Å². The van der Waals surface area contributed by atoms with E-state index in [2.05, 4.69) is 36.3 Å². The molecular formula is C15H18N2O2S. The van der Waals surface area contributed by atoms with Crippen LogP contribution in [0.4, 0.5) is 0 Å². The molecule has 0 aliphatic heterocycles. The molecule has 0 saturated carbocycles. The van der Waals surface area contributed by atoms with E-state index >= 15 is 0 Å². The van der Waals surface area contributed by atoms with Crippen molar-refractivity contribution >= 4 is 17.7 Å². The number of hydrogen-bond acceptors (Lipinski definition) is 4. The summed E-state index contributed by atoms with van der Waals surface area (Å²) < 4.78 is 6.78. The summed E-state index contributed by atoms with van der Waals surface area (Å²) in [5.74, 6) is 0.383. The van der Waals surface area contributed by atoms with Crippen LogP contribution >= 0.6 is 11.8 Å². The fourth-order valence-electron chi connectivity index (χ4n) is 1.80. The van der Waals surface area contributed by atoms with Gasteiger partial charge in [-0.25, -0.2) is 4.79 Å². The van der Waals surface area contributed by atoms with Gasteiger partial charge in [0.2, 0.25) is 0 Å². The number of benzene rings is 1. The van der Waals surface area contributed by atoms with Gasteiger partial charge in [-0.1, -0.05) is 17.7 Å². The summed E-state index contributed by atoms with van der Waals surface area (Å²) in [5.41, 5.74) is 2.67. The third kappa shape index (κ3) is 3.42. The van der Waals surface area contributed by atoms with Crippen molar-refractivity contribution in [2.45, 2.75) is 24.5 Å². The van der Waals surface area contributed by atoms with Crippen LogP contribution in [0.2, 0.25) is 0 Å². The topological polar surface area (TPSA) is 44.1 Å². The van der Waals surface area contributed by atoms with Crippen molar-refractivity contribution in [3.8, 4) is 0 Å². The smallest absolute Gasteiger partial charge is 0.341 e. The van der Waals surface area contributed by atoms with Crippen molar-refractivity contribution in [1.82, 2.24) is 9.78 Å². The molecule has 106 valence electrons. The molecule has 0 amide bonds. The van der Waals surface area contributed by atoms with Crippen LogP contribution in [-0.4, -0.2) is 22.4 Å². The van der Waals surface area contributed by atoms with Crippen LogP contribution < -0.4 is 0 Å². The van der Waals surface area contributed by atoms with Gasteiger partial charge in [0.1, 0.15) is 5.56 Å². The van der Waals surface area contributed by atoms with Crippen molar-refractivity contribution in [1.29, 1.82) is 0 Å². The van der Waals surface area contributed by atoms with Gasteiger partial charge in [0.05, 0.1) is 18.5 Å². The molecule has 0 saturated heterocycles. The van der Waals surface area contributed by atoms with Crippen LogP contribution in [0, 0.1) is 6.92 Å². The number of nitrogens with zero attached hydrogens (tertiary/aromatic N) is 2. The van der Waals surface area contributed by atoms with E-state index in [0.29, 0.717) is 17.9 Å². The molecule has 0 aliphatic carbocycles. The summed E-state index contributed by atoms with van der Waals surface area (Å²) in [6.07, 6.45) is 1.57. The first kappa shape index (κ1) is 14.7. The van der Waals surface area contributed by atoms with Crippen molar-refractivity contribution in [3.63, 3.8) is 0 Å². The Hall–Kier alpha value is -1.75. The van der Waals surface area contributed by atoms with E-state index in [1.165, 1.54) is 10.5 Å². The second kappa shape index (κ2) is 6.61. The lowest BCUT2D eigenvalue weighted by Gasteiger charge is -2.06. The van der Waals surface area contributed by atoms with E-state index in [9.17, 15) is 4.79 Å². The predicted molar refractivity (Wildman–Crippen MR) is 79.9 cm³/mol. The van der Waals surface area contributed by atoms with Crippen LogP contribution in [0.1, 0.15) is 28.5 Å². The van der Waals surface area contributed by atoms with E-state index in [0.717, 1.165) is 5.69 Å². The molecule has 0 unspecified atom stereocenters. The molecule has 5 heteroatoms. The second-order valence-corrected chi connectivity index (χ2v) is 5.50. The van der Waals surface area contributed by atoms with E-state index in [4.69, 9.17) is 4.74 Å². The molecule has 1 aromatic carbocycles. The molecule has 0 atom stereocenters. The molecule has 1 aromatic heterocycles. The summed E-state index contributed by atoms with van der Waals surface area (Å²) in [4.78, 5) is 13.0. The number of aryl methyl sites for hydroxylation is 2.